The molecule has 4 heteroatoms. The van der Waals surface area contributed by atoms with Crippen LogP contribution in [0.2, 0.25) is 0 Å². The molecule has 0 bridgehead atoms. The Bertz CT molecular complexity index is 1010. The Morgan fingerprint density at radius 2 is 1.80 bits per heavy atom. The highest BCUT2D eigenvalue weighted by molar-refractivity contribution is 5.82. The average molecular weight is 406 g/mol. The first-order valence-corrected chi connectivity index (χ1v) is 10.8. The van der Waals surface area contributed by atoms with Crippen LogP contribution in [0, 0.1) is 5.82 Å². The summed E-state index contributed by atoms with van der Waals surface area (Å²) in [5.41, 5.74) is 5.60. The molecule has 1 saturated heterocycles. The summed E-state index contributed by atoms with van der Waals surface area (Å²) in [6.07, 6.45) is 3.09. The largest absolute Gasteiger partial charge is 0.462 e. The Balaban J connectivity index is 1.78. The second-order valence-electron chi connectivity index (χ2n) is 8.30. The minimum Gasteiger partial charge on any atom is -0.462 e. The van der Waals surface area contributed by atoms with Gasteiger partial charge in [-0.15, -0.1) is 0 Å². The van der Waals surface area contributed by atoms with Gasteiger partial charge in [0.05, 0.1) is 5.69 Å². The molecule has 2 aromatic carbocycles. The van der Waals surface area contributed by atoms with Crippen LogP contribution in [-0.4, -0.2) is 16.6 Å². The smallest absolute Gasteiger partial charge is 0.306 e. The summed E-state index contributed by atoms with van der Waals surface area (Å²) in [7, 11) is 0. The fourth-order valence-corrected chi connectivity index (χ4v) is 4.30. The molecule has 1 fully saturated rings. The minimum atomic E-state index is -0.240. The second-order valence-corrected chi connectivity index (χ2v) is 8.30. The summed E-state index contributed by atoms with van der Waals surface area (Å²) in [6, 6.07) is 19.3. The number of nitrogens with zero attached hydrogens (tertiary/aromatic N) is 1. The monoisotopic (exact) mass is 405 g/mol. The fourth-order valence-electron chi connectivity index (χ4n) is 4.30. The lowest BCUT2D eigenvalue weighted by atomic mass is 10.0. The number of carbonyl (C=O) groups excluding carboxylic acids is 1. The van der Waals surface area contributed by atoms with Crippen molar-refractivity contribution in [2.75, 3.05) is 0 Å². The van der Waals surface area contributed by atoms with Gasteiger partial charge < -0.3 is 9.30 Å². The van der Waals surface area contributed by atoms with E-state index < -0.39 is 0 Å². The molecule has 0 radical (unpaired) electrons. The quantitative estimate of drug-likeness (QED) is 0.434. The van der Waals surface area contributed by atoms with Crippen LogP contribution in [0.1, 0.15) is 51.1 Å². The number of cyclic esters (lactones) is 1. The van der Waals surface area contributed by atoms with Crippen LogP contribution < -0.4 is 0 Å². The van der Waals surface area contributed by atoms with Gasteiger partial charge in [-0.05, 0) is 60.2 Å². The van der Waals surface area contributed by atoms with Gasteiger partial charge in [-0.2, -0.15) is 0 Å². The second kappa shape index (κ2) is 8.86. The molecular formula is C26H28FNO2. The van der Waals surface area contributed by atoms with Gasteiger partial charge in [0.1, 0.15) is 11.9 Å². The molecule has 1 aliphatic heterocycles. The molecule has 4 rings (SSSR count). The summed E-state index contributed by atoms with van der Waals surface area (Å²) >= 11 is 0. The van der Waals surface area contributed by atoms with Crippen molar-refractivity contribution in [3.05, 3.63) is 72.2 Å². The summed E-state index contributed by atoms with van der Waals surface area (Å²) in [5.74, 6) is -0.00143. The van der Waals surface area contributed by atoms with Crippen LogP contribution in [0.25, 0.3) is 22.4 Å². The number of ether oxygens (including phenoxy) is 1. The number of esters is 1. The van der Waals surface area contributed by atoms with E-state index in [0.29, 0.717) is 12.3 Å². The maximum atomic E-state index is 13.6. The van der Waals surface area contributed by atoms with Crippen molar-refractivity contribution in [2.24, 2.45) is 0 Å². The molecule has 0 aliphatic carbocycles. The van der Waals surface area contributed by atoms with Crippen molar-refractivity contribution < 1.29 is 13.9 Å². The van der Waals surface area contributed by atoms with E-state index in [2.05, 4.69) is 36.6 Å². The summed E-state index contributed by atoms with van der Waals surface area (Å²) in [4.78, 5) is 11.7. The predicted molar refractivity (Wildman–Crippen MR) is 118 cm³/mol. The summed E-state index contributed by atoms with van der Waals surface area (Å²) in [6.45, 7) is 5.14. The van der Waals surface area contributed by atoms with Crippen molar-refractivity contribution in [3.63, 3.8) is 0 Å². The Morgan fingerprint density at radius 3 is 2.47 bits per heavy atom. The van der Waals surface area contributed by atoms with E-state index in [1.807, 2.05) is 30.3 Å². The van der Waals surface area contributed by atoms with E-state index in [0.717, 1.165) is 48.2 Å². The Hall–Kier alpha value is -2.88. The number of hydrogen-bond acceptors (Lipinski definition) is 2. The van der Waals surface area contributed by atoms with Gasteiger partial charge in [0.25, 0.3) is 0 Å². The van der Waals surface area contributed by atoms with Gasteiger partial charge in [-0.25, -0.2) is 4.39 Å². The molecule has 0 unspecified atom stereocenters. The van der Waals surface area contributed by atoms with Crippen molar-refractivity contribution in [1.82, 2.24) is 4.57 Å². The third-order valence-electron chi connectivity index (χ3n) is 5.80. The lowest BCUT2D eigenvalue weighted by Crippen LogP contribution is -2.25. The topological polar surface area (TPSA) is 31.2 Å². The molecule has 3 nitrogen and oxygen atoms in total. The zero-order chi connectivity index (χ0) is 21.1. The number of benzene rings is 2. The third kappa shape index (κ3) is 4.33. The third-order valence-corrected chi connectivity index (χ3v) is 5.80. The van der Waals surface area contributed by atoms with E-state index in [4.69, 9.17) is 4.74 Å². The van der Waals surface area contributed by atoms with Gasteiger partial charge in [0, 0.05) is 30.6 Å². The van der Waals surface area contributed by atoms with E-state index in [1.165, 1.54) is 17.8 Å². The first-order chi connectivity index (χ1) is 14.5. The van der Waals surface area contributed by atoms with Gasteiger partial charge in [0.15, 0.2) is 0 Å². The summed E-state index contributed by atoms with van der Waals surface area (Å²) < 4.78 is 21.5. The van der Waals surface area contributed by atoms with Gasteiger partial charge >= 0.3 is 5.97 Å². The van der Waals surface area contributed by atoms with Crippen LogP contribution in [0.3, 0.4) is 0 Å². The van der Waals surface area contributed by atoms with E-state index in [-0.39, 0.29) is 17.9 Å². The Kier molecular flexibility index (Phi) is 6.03. The van der Waals surface area contributed by atoms with Gasteiger partial charge in [-0.3, -0.25) is 4.79 Å². The van der Waals surface area contributed by atoms with Crippen LogP contribution in [0.15, 0.2) is 60.7 Å². The highest BCUT2D eigenvalue weighted by Crippen LogP contribution is 2.38. The highest BCUT2D eigenvalue weighted by Gasteiger charge is 2.23. The van der Waals surface area contributed by atoms with E-state index in [9.17, 15) is 9.18 Å². The highest BCUT2D eigenvalue weighted by atomic mass is 19.1. The zero-order valence-electron chi connectivity index (χ0n) is 17.6. The molecule has 1 atom stereocenters. The number of hydrogen-bond donors (Lipinski definition) is 0. The maximum Gasteiger partial charge on any atom is 0.306 e. The number of rotatable bonds is 6. The Labute approximate surface area is 177 Å². The zero-order valence-corrected chi connectivity index (χ0v) is 17.6. The molecule has 0 amide bonds. The van der Waals surface area contributed by atoms with Gasteiger partial charge in [-0.1, -0.05) is 44.2 Å². The van der Waals surface area contributed by atoms with Crippen LogP contribution in [0.5, 0.6) is 0 Å². The van der Waals surface area contributed by atoms with Crippen molar-refractivity contribution >= 4 is 5.97 Å². The first kappa shape index (κ1) is 20.4. The molecule has 3 aromatic rings. The maximum absolute atomic E-state index is 13.6. The molecule has 2 heterocycles. The molecule has 156 valence electrons. The molecule has 0 spiro atoms. The van der Waals surface area contributed by atoms with Crippen LogP contribution in [-0.2, 0) is 16.1 Å². The fraction of sp³-hybridized carbons (Fsp3) is 0.346. The van der Waals surface area contributed by atoms with Crippen LogP contribution in [0.4, 0.5) is 4.39 Å². The molecule has 1 aromatic heterocycles. The number of carbonyl (C=O) groups is 1. The van der Waals surface area contributed by atoms with Crippen molar-refractivity contribution in [3.8, 4) is 22.4 Å². The average Bonchev–Trinajstić information content (AvgIpc) is 3.13. The molecule has 0 N–H and O–H groups in total. The van der Waals surface area contributed by atoms with Crippen molar-refractivity contribution in [1.29, 1.82) is 0 Å². The standard InChI is InChI=1S/C26H28FNO2/c1-18(2)24-17-23(19-7-4-3-5-8-19)26(20-11-13-21(27)14-12-20)28(24)16-15-22-9-6-10-25(29)30-22/h3-5,7-8,11-14,17-18,22H,6,9-10,15-16H2,1-2H3/t22-/m0/s1. The minimum absolute atomic E-state index is 0.0325. The lowest BCUT2D eigenvalue weighted by Gasteiger charge is -2.24. The van der Waals surface area contributed by atoms with E-state index >= 15 is 0 Å². The number of halogens is 1. The molecular weight excluding hydrogens is 377 g/mol. The van der Waals surface area contributed by atoms with E-state index in [1.54, 1.807) is 0 Å². The Morgan fingerprint density at radius 1 is 1.07 bits per heavy atom. The molecule has 30 heavy (non-hydrogen) atoms. The van der Waals surface area contributed by atoms with Gasteiger partial charge in [0.2, 0.25) is 0 Å². The summed E-state index contributed by atoms with van der Waals surface area (Å²) in [5, 5.41) is 0. The SMILES string of the molecule is CC(C)c1cc(-c2ccccc2)c(-c2ccc(F)cc2)n1CC[C@@H]1CCCC(=O)O1. The van der Waals surface area contributed by atoms with Crippen molar-refractivity contribution in [2.45, 2.75) is 58.1 Å². The lowest BCUT2D eigenvalue weighted by molar-refractivity contribution is -0.154. The predicted octanol–water partition coefficient (Wildman–Crippen LogP) is 6.57. The molecule has 1 aliphatic rings. The number of aromatic nitrogens is 1. The van der Waals surface area contributed by atoms with Crippen LogP contribution >= 0.6 is 0 Å². The molecule has 0 saturated carbocycles. The first-order valence-electron chi connectivity index (χ1n) is 10.8. The normalized spacial score (nSPS) is 16.7.